The number of imide groups is 1. The van der Waals surface area contributed by atoms with Crippen LogP contribution in [0.25, 0.3) is 0 Å². The highest BCUT2D eigenvalue weighted by molar-refractivity contribution is 6.07. The molecule has 2 fully saturated rings. The maximum absolute atomic E-state index is 12.4. The van der Waals surface area contributed by atoms with Gasteiger partial charge in [-0.05, 0) is 25.7 Å². The lowest BCUT2D eigenvalue weighted by atomic mass is 9.73. The number of nitrogens with zero attached hydrogens (tertiary/aromatic N) is 1. The van der Waals surface area contributed by atoms with Crippen molar-refractivity contribution in [3.8, 4) is 0 Å². The summed E-state index contributed by atoms with van der Waals surface area (Å²) in [5, 5.41) is 2.92. The van der Waals surface area contributed by atoms with Crippen LogP contribution in [-0.4, -0.2) is 28.9 Å². The summed E-state index contributed by atoms with van der Waals surface area (Å²) in [6.07, 6.45) is 3.93. The third kappa shape index (κ3) is 1.85. The van der Waals surface area contributed by atoms with Gasteiger partial charge in [-0.3, -0.25) is 9.69 Å². The largest absolute Gasteiger partial charge is 0.325 e. The smallest absolute Gasteiger partial charge is 0.323 e. The van der Waals surface area contributed by atoms with E-state index in [0.29, 0.717) is 6.54 Å². The highest BCUT2D eigenvalue weighted by Crippen LogP contribution is 2.38. The fourth-order valence-corrected chi connectivity index (χ4v) is 2.91. The van der Waals surface area contributed by atoms with Gasteiger partial charge in [-0.1, -0.05) is 31.9 Å². The first kappa shape index (κ1) is 12.1. The molecule has 0 aromatic carbocycles. The van der Waals surface area contributed by atoms with Gasteiger partial charge in [0.25, 0.3) is 5.91 Å². The molecule has 1 spiro atoms. The normalized spacial score (nSPS) is 33.1. The average Bonchev–Trinajstić information content (AvgIpc) is 2.48. The molecule has 0 bridgehead atoms. The summed E-state index contributed by atoms with van der Waals surface area (Å²) in [6, 6.07) is -0.258. The number of amides is 3. The van der Waals surface area contributed by atoms with Crippen molar-refractivity contribution >= 4 is 11.9 Å². The van der Waals surface area contributed by atoms with E-state index in [1.807, 2.05) is 6.92 Å². The van der Waals surface area contributed by atoms with Gasteiger partial charge in [0.1, 0.15) is 5.54 Å². The van der Waals surface area contributed by atoms with Crippen LogP contribution in [0.3, 0.4) is 0 Å². The summed E-state index contributed by atoms with van der Waals surface area (Å²) in [4.78, 5) is 25.6. The minimum absolute atomic E-state index is 0.0577. The Kier molecular flexibility index (Phi) is 2.98. The first-order chi connectivity index (χ1) is 7.97. The van der Waals surface area contributed by atoms with Crippen LogP contribution in [-0.2, 0) is 4.79 Å². The van der Waals surface area contributed by atoms with Crippen molar-refractivity contribution in [1.82, 2.24) is 10.2 Å². The summed E-state index contributed by atoms with van der Waals surface area (Å²) >= 11 is 0. The van der Waals surface area contributed by atoms with Gasteiger partial charge in [-0.25, -0.2) is 4.79 Å². The standard InChI is InChI=1S/C13H20N2O2/c1-9(2)8-15-11(16)13(14-12(15)17)7-5-4-6-10(13)3/h10H,1,4-8H2,2-3H3,(H,14,17)/t10-,13+/m1/s1. The van der Waals surface area contributed by atoms with Gasteiger partial charge in [0.15, 0.2) is 0 Å². The fraction of sp³-hybridized carbons (Fsp3) is 0.692. The molecule has 1 N–H and O–H groups in total. The number of carbonyl (C=O) groups excluding carboxylic acids is 2. The Morgan fingerprint density at radius 1 is 1.53 bits per heavy atom. The van der Waals surface area contributed by atoms with Crippen molar-refractivity contribution in [3.05, 3.63) is 12.2 Å². The fourth-order valence-electron chi connectivity index (χ4n) is 2.91. The molecule has 94 valence electrons. The minimum atomic E-state index is -0.634. The summed E-state index contributed by atoms with van der Waals surface area (Å²) in [7, 11) is 0. The zero-order valence-corrected chi connectivity index (χ0v) is 10.6. The molecular formula is C13H20N2O2. The van der Waals surface area contributed by atoms with Crippen LogP contribution in [0.1, 0.15) is 39.5 Å². The van der Waals surface area contributed by atoms with E-state index in [2.05, 4.69) is 18.8 Å². The number of hydrogen-bond acceptors (Lipinski definition) is 2. The van der Waals surface area contributed by atoms with Crippen molar-refractivity contribution in [2.45, 2.75) is 45.1 Å². The van der Waals surface area contributed by atoms with E-state index in [1.165, 1.54) is 4.90 Å². The van der Waals surface area contributed by atoms with Crippen molar-refractivity contribution in [3.63, 3.8) is 0 Å². The van der Waals surface area contributed by atoms with Crippen LogP contribution in [0.5, 0.6) is 0 Å². The molecule has 17 heavy (non-hydrogen) atoms. The molecule has 4 heteroatoms. The van der Waals surface area contributed by atoms with E-state index < -0.39 is 5.54 Å². The zero-order chi connectivity index (χ0) is 12.6. The monoisotopic (exact) mass is 236 g/mol. The summed E-state index contributed by atoms with van der Waals surface area (Å²) in [5.74, 6) is 0.167. The summed E-state index contributed by atoms with van der Waals surface area (Å²) < 4.78 is 0. The molecule has 0 radical (unpaired) electrons. The molecule has 2 aliphatic rings. The lowest BCUT2D eigenvalue weighted by Crippen LogP contribution is -2.53. The van der Waals surface area contributed by atoms with Gasteiger partial charge in [-0.2, -0.15) is 0 Å². The molecule has 1 aliphatic carbocycles. The minimum Gasteiger partial charge on any atom is -0.323 e. The Morgan fingerprint density at radius 2 is 2.24 bits per heavy atom. The lowest BCUT2D eigenvalue weighted by Gasteiger charge is -2.36. The van der Waals surface area contributed by atoms with E-state index in [-0.39, 0.29) is 17.9 Å². The summed E-state index contributed by atoms with van der Waals surface area (Å²) in [5.41, 5.74) is 0.194. The van der Waals surface area contributed by atoms with Crippen molar-refractivity contribution in [1.29, 1.82) is 0 Å². The zero-order valence-electron chi connectivity index (χ0n) is 10.6. The van der Waals surface area contributed by atoms with Gasteiger partial charge in [0.2, 0.25) is 0 Å². The SMILES string of the molecule is C=C(C)CN1C(=O)N[C@]2(CCCC[C@H]2C)C1=O. The molecular weight excluding hydrogens is 216 g/mol. The van der Waals surface area contributed by atoms with E-state index in [1.54, 1.807) is 0 Å². The molecule has 1 saturated carbocycles. The van der Waals surface area contributed by atoms with Crippen molar-refractivity contribution < 1.29 is 9.59 Å². The van der Waals surface area contributed by atoms with Crippen LogP contribution in [0, 0.1) is 5.92 Å². The quantitative estimate of drug-likeness (QED) is 0.589. The second kappa shape index (κ2) is 4.17. The van der Waals surface area contributed by atoms with Gasteiger partial charge < -0.3 is 5.32 Å². The van der Waals surface area contributed by atoms with Crippen molar-refractivity contribution in [2.24, 2.45) is 5.92 Å². The first-order valence-corrected chi connectivity index (χ1v) is 6.26. The molecule has 1 saturated heterocycles. The highest BCUT2D eigenvalue weighted by Gasteiger charge is 2.54. The molecule has 3 amide bonds. The van der Waals surface area contributed by atoms with Gasteiger partial charge in [-0.15, -0.1) is 0 Å². The summed E-state index contributed by atoms with van der Waals surface area (Å²) in [6.45, 7) is 7.99. The molecule has 0 aromatic heterocycles. The van der Waals surface area contributed by atoms with Crippen molar-refractivity contribution in [2.75, 3.05) is 6.54 Å². The molecule has 2 atom stereocenters. The Morgan fingerprint density at radius 3 is 2.82 bits per heavy atom. The van der Waals surface area contributed by atoms with Crippen LogP contribution in [0.15, 0.2) is 12.2 Å². The van der Waals surface area contributed by atoms with Gasteiger partial charge in [0, 0.05) is 0 Å². The molecule has 4 nitrogen and oxygen atoms in total. The molecule has 1 aliphatic heterocycles. The average molecular weight is 236 g/mol. The highest BCUT2D eigenvalue weighted by atomic mass is 16.2. The molecule has 1 heterocycles. The second-order valence-corrected chi connectivity index (χ2v) is 5.40. The van der Waals surface area contributed by atoms with Crippen LogP contribution < -0.4 is 5.32 Å². The van der Waals surface area contributed by atoms with Gasteiger partial charge >= 0.3 is 6.03 Å². The third-order valence-corrected chi connectivity index (χ3v) is 3.93. The topological polar surface area (TPSA) is 49.4 Å². The van der Waals surface area contributed by atoms with Gasteiger partial charge in [0.05, 0.1) is 6.54 Å². The third-order valence-electron chi connectivity index (χ3n) is 3.93. The van der Waals surface area contributed by atoms with E-state index in [0.717, 1.165) is 31.3 Å². The predicted octanol–water partition coefficient (Wildman–Crippen LogP) is 2.06. The molecule has 0 unspecified atom stereocenters. The van der Waals surface area contributed by atoms with Crippen LogP contribution >= 0.6 is 0 Å². The second-order valence-electron chi connectivity index (χ2n) is 5.40. The number of nitrogens with one attached hydrogen (secondary N) is 1. The maximum atomic E-state index is 12.4. The first-order valence-electron chi connectivity index (χ1n) is 6.26. The van der Waals surface area contributed by atoms with E-state index in [4.69, 9.17) is 0 Å². The Bertz CT molecular complexity index is 378. The number of rotatable bonds is 2. The predicted molar refractivity (Wildman–Crippen MR) is 65.4 cm³/mol. The van der Waals surface area contributed by atoms with Crippen LogP contribution in [0.4, 0.5) is 4.79 Å². The number of carbonyl (C=O) groups is 2. The maximum Gasteiger partial charge on any atom is 0.325 e. The van der Waals surface area contributed by atoms with E-state index >= 15 is 0 Å². The van der Waals surface area contributed by atoms with E-state index in [9.17, 15) is 9.59 Å². The molecule has 2 rings (SSSR count). The number of hydrogen-bond donors (Lipinski definition) is 1. The molecule has 0 aromatic rings. The Balaban J connectivity index is 2.24. The van der Waals surface area contributed by atoms with Crippen LogP contribution in [0.2, 0.25) is 0 Å². The Hall–Kier alpha value is -1.32. The number of urea groups is 1. The lowest BCUT2D eigenvalue weighted by molar-refractivity contribution is -0.133. The Labute approximate surface area is 102 Å².